The van der Waals surface area contributed by atoms with Crippen molar-refractivity contribution < 1.29 is 32.3 Å². The first kappa shape index (κ1) is 29.6. The predicted molar refractivity (Wildman–Crippen MR) is 153 cm³/mol. The molecular formula is C26H31N7O7S2. The van der Waals surface area contributed by atoms with Crippen molar-refractivity contribution in [2.45, 2.75) is 31.0 Å². The highest BCUT2D eigenvalue weighted by atomic mass is 32.2. The number of carbonyl (C=O) groups excluding carboxylic acids is 3. The number of aromatic amines is 1. The van der Waals surface area contributed by atoms with Gasteiger partial charge in [0.2, 0.25) is 0 Å². The van der Waals surface area contributed by atoms with Crippen LogP contribution in [-0.4, -0.2) is 109 Å². The topological polar surface area (TPSA) is 178 Å². The molecule has 2 amide bonds. The fraction of sp³-hybridized carbons (Fsp3) is 0.423. The molecule has 2 aliphatic rings. The van der Waals surface area contributed by atoms with Crippen LogP contribution in [0.2, 0.25) is 0 Å². The Morgan fingerprint density at radius 3 is 2.74 bits per heavy atom. The highest BCUT2D eigenvalue weighted by molar-refractivity contribution is 7.89. The number of hydrogen-bond acceptors (Lipinski definition) is 11. The van der Waals surface area contributed by atoms with E-state index in [1.54, 1.807) is 25.1 Å². The Bertz CT molecular complexity index is 1670. The lowest BCUT2D eigenvalue weighted by molar-refractivity contribution is -0.149. The number of rotatable bonds is 6. The Morgan fingerprint density at radius 1 is 1.21 bits per heavy atom. The first-order valence-corrected chi connectivity index (χ1v) is 15.5. The second-order valence-electron chi connectivity index (χ2n) is 9.93. The van der Waals surface area contributed by atoms with Crippen LogP contribution in [0.25, 0.3) is 10.9 Å². The van der Waals surface area contributed by atoms with Crippen LogP contribution >= 0.6 is 11.3 Å². The average molecular weight is 618 g/mol. The normalized spacial score (nSPS) is 18.0. The summed E-state index contributed by atoms with van der Waals surface area (Å²) >= 11 is 1.30. The highest BCUT2D eigenvalue weighted by Gasteiger charge is 2.42. The summed E-state index contributed by atoms with van der Waals surface area (Å²) in [6, 6.07) is 4.99. The van der Waals surface area contributed by atoms with Gasteiger partial charge in [-0.2, -0.15) is 4.31 Å². The van der Waals surface area contributed by atoms with Gasteiger partial charge >= 0.3 is 12.1 Å². The third-order valence-corrected chi connectivity index (χ3v) is 10.0. The van der Waals surface area contributed by atoms with Crippen LogP contribution in [-0.2, 0) is 37.3 Å². The Labute approximate surface area is 246 Å². The van der Waals surface area contributed by atoms with E-state index in [1.165, 1.54) is 29.4 Å². The largest absolute Gasteiger partial charge is 0.464 e. The fourth-order valence-corrected chi connectivity index (χ4v) is 7.56. The van der Waals surface area contributed by atoms with Gasteiger partial charge < -0.3 is 24.3 Å². The molecule has 42 heavy (non-hydrogen) atoms. The number of H-pyrrole nitrogens is 1. The molecule has 1 aromatic carbocycles. The van der Waals surface area contributed by atoms with Crippen LogP contribution < -0.4 is 5.32 Å². The number of likely N-dealkylation sites (N-methyl/N-ethyl adjacent to an activating group) is 1. The quantitative estimate of drug-likeness (QED) is 0.209. The zero-order chi connectivity index (χ0) is 30.2. The van der Waals surface area contributed by atoms with E-state index >= 15 is 0 Å². The van der Waals surface area contributed by atoms with Gasteiger partial charge in [-0.1, -0.05) is 0 Å². The van der Waals surface area contributed by atoms with Gasteiger partial charge in [0.25, 0.3) is 15.9 Å². The van der Waals surface area contributed by atoms with Gasteiger partial charge in [-0.3, -0.25) is 15.5 Å². The van der Waals surface area contributed by atoms with E-state index in [0.29, 0.717) is 23.0 Å². The van der Waals surface area contributed by atoms with E-state index in [1.807, 2.05) is 7.05 Å². The van der Waals surface area contributed by atoms with Gasteiger partial charge in [0.1, 0.15) is 16.9 Å². The van der Waals surface area contributed by atoms with Crippen molar-refractivity contribution >= 4 is 56.1 Å². The molecule has 16 heteroatoms. The zero-order valence-corrected chi connectivity index (χ0v) is 24.9. The Morgan fingerprint density at radius 2 is 2.00 bits per heavy atom. The van der Waals surface area contributed by atoms with E-state index in [9.17, 15) is 22.8 Å². The van der Waals surface area contributed by atoms with Crippen molar-refractivity contribution in [3.05, 3.63) is 45.4 Å². The molecule has 0 spiro atoms. The van der Waals surface area contributed by atoms with Crippen molar-refractivity contribution in [1.82, 2.24) is 29.4 Å². The molecule has 1 fully saturated rings. The highest BCUT2D eigenvalue weighted by Crippen LogP contribution is 2.29. The van der Waals surface area contributed by atoms with Crippen LogP contribution in [0.5, 0.6) is 0 Å². The van der Waals surface area contributed by atoms with Crippen LogP contribution in [0.1, 0.15) is 32.9 Å². The summed E-state index contributed by atoms with van der Waals surface area (Å²) in [6.45, 7) is 2.92. The van der Waals surface area contributed by atoms with Gasteiger partial charge in [-0.15, -0.1) is 11.3 Å². The van der Waals surface area contributed by atoms with Gasteiger partial charge in [-0.25, -0.2) is 23.0 Å². The molecule has 14 nitrogen and oxygen atoms in total. The number of methoxy groups -OCH3 is 1. The number of thiazole rings is 1. The van der Waals surface area contributed by atoms with E-state index in [2.05, 4.69) is 24.9 Å². The van der Waals surface area contributed by atoms with Crippen molar-refractivity contribution in [3.8, 4) is 0 Å². The number of alkyl carbamates (subject to hydrolysis) is 1. The molecule has 2 aliphatic heterocycles. The maximum atomic E-state index is 13.7. The van der Waals surface area contributed by atoms with Crippen LogP contribution in [0.3, 0.4) is 0 Å². The minimum Gasteiger partial charge on any atom is -0.464 e. The number of sulfonamides is 1. The number of esters is 1. The SMILES string of the molecule is CCOC(=O)C1CN(S(=O)(=O)c2cc3cc(C(=N)NC(=O)OC)ccc3[nH]2)CCN1C(=O)c1nc2c(s1)CN(C)CC2. The number of amidine groups is 1. The van der Waals surface area contributed by atoms with E-state index < -0.39 is 34.0 Å². The molecule has 3 N–H and O–H groups in total. The summed E-state index contributed by atoms with van der Waals surface area (Å²) < 4.78 is 38.3. The van der Waals surface area contributed by atoms with Gasteiger partial charge in [0, 0.05) is 60.5 Å². The molecule has 0 saturated carbocycles. The van der Waals surface area contributed by atoms with Crippen LogP contribution in [0.4, 0.5) is 4.79 Å². The Kier molecular flexibility index (Phi) is 8.32. The number of fused-ring (bicyclic) bond motifs is 2. The smallest absolute Gasteiger partial charge is 0.412 e. The fourth-order valence-electron chi connectivity index (χ4n) is 4.96. The van der Waals surface area contributed by atoms with Crippen LogP contribution in [0, 0.1) is 5.41 Å². The van der Waals surface area contributed by atoms with Crippen molar-refractivity contribution in [2.24, 2.45) is 0 Å². The maximum Gasteiger partial charge on any atom is 0.412 e. The first-order chi connectivity index (χ1) is 20.0. The predicted octanol–water partition coefficient (Wildman–Crippen LogP) is 1.37. The molecular weight excluding hydrogens is 586 g/mol. The molecule has 0 radical (unpaired) electrons. The molecule has 5 rings (SSSR count). The van der Waals surface area contributed by atoms with Crippen molar-refractivity contribution in [2.75, 3.05) is 46.9 Å². The van der Waals surface area contributed by atoms with E-state index in [-0.39, 0.29) is 42.1 Å². The summed E-state index contributed by atoms with van der Waals surface area (Å²) in [6.07, 6.45) is -0.0639. The number of carbonyl (C=O) groups is 3. The number of benzene rings is 1. The maximum absolute atomic E-state index is 13.7. The van der Waals surface area contributed by atoms with E-state index in [0.717, 1.165) is 27.8 Å². The van der Waals surface area contributed by atoms with Crippen LogP contribution in [0.15, 0.2) is 29.3 Å². The van der Waals surface area contributed by atoms with Crippen molar-refractivity contribution in [3.63, 3.8) is 0 Å². The molecule has 224 valence electrons. The second kappa shape index (κ2) is 11.8. The number of aromatic nitrogens is 2. The summed E-state index contributed by atoms with van der Waals surface area (Å²) in [5, 5.41) is 11.0. The standard InChI is InChI=1S/C26H31N7O7S2/c1-4-40-25(35)19-13-32(9-10-33(19)24(34)23-29-18-7-8-31(2)14-20(18)41-23)42(37,38)21-12-16-11-15(5-6-17(16)28-21)22(27)30-26(36)39-3/h5-6,11-12,19,28H,4,7-10,13-14H2,1-3H3,(H2,27,30,36). The molecule has 0 aliphatic carbocycles. The second-order valence-corrected chi connectivity index (χ2v) is 12.9. The third-order valence-electron chi connectivity index (χ3n) is 7.18. The number of ether oxygens (including phenoxy) is 2. The third kappa shape index (κ3) is 5.74. The summed E-state index contributed by atoms with van der Waals surface area (Å²) in [7, 11) is -0.931. The zero-order valence-electron chi connectivity index (χ0n) is 23.3. The molecule has 1 atom stereocenters. The van der Waals surface area contributed by atoms with Gasteiger partial charge in [0.05, 0.1) is 19.4 Å². The summed E-state index contributed by atoms with van der Waals surface area (Å²) in [5.41, 5.74) is 1.73. The number of amides is 2. The average Bonchev–Trinajstić information content (AvgIpc) is 3.60. The summed E-state index contributed by atoms with van der Waals surface area (Å²) in [4.78, 5) is 50.0. The minimum absolute atomic E-state index is 0.0214. The molecule has 4 heterocycles. The molecule has 3 aromatic rings. The molecule has 0 bridgehead atoms. The number of piperazine rings is 1. The molecule has 1 saturated heterocycles. The van der Waals surface area contributed by atoms with Gasteiger partial charge in [0.15, 0.2) is 5.01 Å². The minimum atomic E-state index is -4.11. The first-order valence-electron chi connectivity index (χ1n) is 13.2. The lowest BCUT2D eigenvalue weighted by Gasteiger charge is -2.38. The van der Waals surface area contributed by atoms with Crippen molar-refractivity contribution in [1.29, 1.82) is 5.41 Å². The number of hydrogen-bond donors (Lipinski definition) is 3. The molecule has 1 unspecified atom stereocenters. The monoisotopic (exact) mass is 617 g/mol. The van der Waals surface area contributed by atoms with E-state index in [4.69, 9.17) is 10.1 Å². The lowest BCUT2D eigenvalue weighted by atomic mass is 10.1. The summed E-state index contributed by atoms with van der Waals surface area (Å²) in [5.74, 6) is -1.32. The number of nitrogens with one attached hydrogen (secondary N) is 3. The Balaban J connectivity index is 1.38. The van der Waals surface area contributed by atoms with Gasteiger partial charge in [-0.05, 0) is 38.2 Å². The number of nitrogens with zero attached hydrogens (tertiary/aromatic N) is 4. The lowest BCUT2D eigenvalue weighted by Crippen LogP contribution is -2.59. The molecule has 2 aromatic heterocycles. The Hall–Kier alpha value is -3.86.